The number of pyridine rings is 1. The van der Waals surface area contributed by atoms with E-state index in [1.807, 2.05) is 30.3 Å². The van der Waals surface area contributed by atoms with Crippen LogP contribution in [0.4, 0.5) is 5.69 Å². The highest BCUT2D eigenvalue weighted by Crippen LogP contribution is 2.13. The van der Waals surface area contributed by atoms with Gasteiger partial charge in [0.15, 0.2) is 6.10 Å². The monoisotopic (exact) mass is 284 g/mol. The van der Waals surface area contributed by atoms with E-state index >= 15 is 0 Å². The highest BCUT2D eigenvalue weighted by atomic mass is 16.5. The minimum absolute atomic E-state index is 0.288. The lowest BCUT2D eigenvalue weighted by Crippen LogP contribution is -2.37. The van der Waals surface area contributed by atoms with Gasteiger partial charge in [0.2, 0.25) is 0 Å². The number of carbonyl (C=O) groups excluding carboxylic acids is 2. The summed E-state index contributed by atoms with van der Waals surface area (Å²) >= 11 is 0. The van der Waals surface area contributed by atoms with Crippen LogP contribution in [0.2, 0.25) is 0 Å². The lowest BCUT2D eigenvalue weighted by atomic mass is 10.2. The van der Waals surface area contributed by atoms with Crippen LogP contribution in [-0.2, 0) is 9.53 Å². The summed E-state index contributed by atoms with van der Waals surface area (Å²) in [7, 11) is 1.65. The molecule has 0 radical (unpaired) electrons. The molecule has 1 heterocycles. The number of amides is 1. The average Bonchev–Trinajstić information content (AvgIpc) is 2.55. The minimum atomic E-state index is -0.865. The van der Waals surface area contributed by atoms with Crippen molar-refractivity contribution in [3.63, 3.8) is 0 Å². The van der Waals surface area contributed by atoms with E-state index < -0.39 is 12.1 Å². The fourth-order valence-electron chi connectivity index (χ4n) is 1.82. The van der Waals surface area contributed by atoms with E-state index in [2.05, 4.69) is 4.98 Å². The fraction of sp³-hybridized carbons (Fsp3) is 0.188. The Bertz CT molecular complexity index is 614. The van der Waals surface area contributed by atoms with E-state index in [0.29, 0.717) is 5.56 Å². The van der Waals surface area contributed by atoms with Crippen LogP contribution in [0.25, 0.3) is 0 Å². The molecular weight excluding hydrogens is 268 g/mol. The Hall–Kier alpha value is -2.69. The first-order valence-electron chi connectivity index (χ1n) is 6.53. The third kappa shape index (κ3) is 3.66. The second kappa shape index (κ2) is 6.65. The predicted octanol–water partition coefficient (Wildman–Crippen LogP) is 2.29. The molecule has 21 heavy (non-hydrogen) atoms. The molecule has 2 rings (SSSR count). The molecule has 1 atom stereocenters. The van der Waals surface area contributed by atoms with Crippen molar-refractivity contribution in [1.82, 2.24) is 4.98 Å². The van der Waals surface area contributed by atoms with E-state index in [1.165, 1.54) is 17.3 Å². The molecule has 0 aliphatic carbocycles. The summed E-state index contributed by atoms with van der Waals surface area (Å²) < 4.78 is 5.18. The number of esters is 1. The van der Waals surface area contributed by atoms with Gasteiger partial charge < -0.3 is 9.64 Å². The number of hydrogen-bond donors (Lipinski definition) is 0. The number of carbonyl (C=O) groups is 2. The van der Waals surface area contributed by atoms with Crippen molar-refractivity contribution < 1.29 is 14.3 Å². The van der Waals surface area contributed by atoms with E-state index in [9.17, 15) is 9.59 Å². The number of ether oxygens (including phenoxy) is 1. The summed E-state index contributed by atoms with van der Waals surface area (Å²) in [5.41, 5.74) is 1.11. The Kier molecular flexibility index (Phi) is 4.66. The topological polar surface area (TPSA) is 59.5 Å². The number of para-hydroxylation sites is 1. The van der Waals surface area contributed by atoms with Gasteiger partial charge in [-0.25, -0.2) is 4.79 Å². The maximum absolute atomic E-state index is 12.2. The molecule has 1 unspecified atom stereocenters. The van der Waals surface area contributed by atoms with Crippen LogP contribution in [0.5, 0.6) is 0 Å². The first kappa shape index (κ1) is 14.7. The van der Waals surface area contributed by atoms with Crippen molar-refractivity contribution in [1.29, 1.82) is 0 Å². The van der Waals surface area contributed by atoms with Gasteiger partial charge in [-0.15, -0.1) is 0 Å². The number of aromatic nitrogens is 1. The zero-order valence-electron chi connectivity index (χ0n) is 11.9. The zero-order chi connectivity index (χ0) is 15.2. The van der Waals surface area contributed by atoms with E-state index in [4.69, 9.17) is 4.74 Å². The molecule has 0 spiro atoms. The SMILES string of the molecule is CC(OC(=O)c1ccncc1)C(=O)N(C)c1ccccc1. The molecule has 1 aromatic heterocycles. The van der Waals surface area contributed by atoms with Crippen LogP contribution in [0, 0.1) is 0 Å². The molecule has 0 aliphatic heterocycles. The van der Waals surface area contributed by atoms with Crippen LogP contribution < -0.4 is 4.90 Å². The Balaban J connectivity index is 2.01. The zero-order valence-corrected chi connectivity index (χ0v) is 11.9. The van der Waals surface area contributed by atoms with Gasteiger partial charge in [0.05, 0.1) is 5.56 Å². The highest BCUT2D eigenvalue weighted by molar-refractivity contribution is 5.98. The number of rotatable bonds is 4. The summed E-state index contributed by atoms with van der Waals surface area (Å²) in [5, 5.41) is 0. The third-order valence-electron chi connectivity index (χ3n) is 3.02. The molecule has 0 saturated heterocycles. The van der Waals surface area contributed by atoms with E-state index in [1.54, 1.807) is 26.1 Å². The van der Waals surface area contributed by atoms with Crippen molar-refractivity contribution in [2.24, 2.45) is 0 Å². The van der Waals surface area contributed by atoms with Crippen LogP contribution in [0.15, 0.2) is 54.9 Å². The smallest absolute Gasteiger partial charge is 0.339 e. The van der Waals surface area contributed by atoms with Crippen LogP contribution in [0.3, 0.4) is 0 Å². The molecule has 2 aromatic rings. The largest absolute Gasteiger partial charge is 0.449 e. The van der Waals surface area contributed by atoms with Gasteiger partial charge in [-0.1, -0.05) is 18.2 Å². The summed E-state index contributed by atoms with van der Waals surface area (Å²) in [4.78, 5) is 29.4. The quantitative estimate of drug-likeness (QED) is 0.808. The molecule has 0 bridgehead atoms. The second-order valence-electron chi connectivity index (χ2n) is 4.52. The van der Waals surface area contributed by atoms with E-state index in [0.717, 1.165) is 5.69 Å². The van der Waals surface area contributed by atoms with Gasteiger partial charge >= 0.3 is 5.97 Å². The van der Waals surface area contributed by atoms with Crippen molar-refractivity contribution in [3.8, 4) is 0 Å². The second-order valence-corrected chi connectivity index (χ2v) is 4.52. The number of nitrogens with zero attached hydrogens (tertiary/aromatic N) is 2. The first-order valence-corrected chi connectivity index (χ1v) is 6.53. The van der Waals surface area contributed by atoms with Gasteiger partial charge in [-0.3, -0.25) is 9.78 Å². The molecule has 1 aromatic carbocycles. The normalized spacial score (nSPS) is 11.5. The molecule has 0 saturated carbocycles. The number of anilines is 1. The van der Waals surface area contributed by atoms with Crippen LogP contribution in [-0.4, -0.2) is 30.0 Å². The molecular formula is C16H16N2O3. The number of benzene rings is 1. The fourth-order valence-corrected chi connectivity index (χ4v) is 1.82. The maximum Gasteiger partial charge on any atom is 0.339 e. The molecule has 5 nitrogen and oxygen atoms in total. The number of hydrogen-bond acceptors (Lipinski definition) is 4. The van der Waals surface area contributed by atoms with Crippen LogP contribution >= 0.6 is 0 Å². The minimum Gasteiger partial charge on any atom is -0.449 e. The van der Waals surface area contributed by atoms with Crippen molar-refractivity contribution in [2.45, 2.75) is 13.0 Å². The van der Waals surface area contributed by atoms with E-state index in [-0.39, 0.29) is 5.91 Å². The standard InChI is InChI=1S/C16H16N2O3/c1-12(21-16(20)13-8-10-17-11-9-13)15(19)18(2)14-6-4-3-5-7-14/h3-12H,1-2H3. The van der Waals surface area contributed by atoms with Crippen LogP contribution in [0.1, 0.15) is 17.3 Å². The Labute approximate surface area is 123 Å². The van der Waals surface area contributed by atoms with Gasteiger partial charge in [-0.2, -0.15) is 0 Å². The Morgan fingerprint density at radius 3 is 2.33 bits per heavy atom. The van der Waals surface area contributed by atoms with Gasteiger partial charge in [0.1, 0.15) is 0 Å². The highest BCUT2D eigenvalue weighted by Gasteiger charge is 2.22. The third-order valence-corrected chi connectivity index (χ3v) is 3.02. The lowest BCUT2D eigenvalue weighted by molar-refractivity contribution is -0.126. The molecule has 0 aliphatic rings. The molecule has 0 fully saturated rings. The predicted molar refractivity (Wildman–Crippen MR) is 79.0 cm³/mol. The molecule has 1 amide bonds. The molecule has 0 N–H and O–H groups in total. The van der Waals surface area contributed by atoms with Gasteiger partial charge in [0.25, 0.3) is 5.91 Å². The summed E-state index contributed by atoms with van der Waals surface area (Å²) in [6.45, 7) is 1.56. The summed E-state index contributed by atoms with van der Waals surface area (Å²) in [6.07, 6.45) is 2.13. The summed E-state index contributed by atoms with van der Waals surface area (Å²) in [5.74, 6) is -0.830. The Morgan fingerprint density at radius 2 is 1.71 bits per heavy atom. The first-order chi connectivity index (χ1) is 10.1. The van der Waals surface area contributed by atoms with Crippen molar-refractivity contribution >= 4 is 17.6 Å². The van der Waals surface area contributed by atoms with Gasteiger partial charge in [0, 0.05) is 25.1 Å². The van der Waals surface area contributed by atoms with Gasteiger partial charge in [-0.05, 0) is 31.2 Å². The summed E-state index contributed by atoms with van der Waals surface area (Å²) in [6, 6.07) is 12.3. The van der Waals surface area contributed by atoms with Crippen molar-refractivity contribution in [3.05, 3.63) is 60.4 Å². The lowest BCUT2D eigenvalue weighted by Gasteiger charge is -2.21. The van der Waals surface area contributed by atoms with Crippen molar-refractivity contribution in [2.75, 3.05) is 11.9 Å². The Morgan fingerprint density at radius 1 is 1.10 bits per heavy atom. The number of likely N-dealkylation sites (N-methyl/N-ethyl adjacent to an activating group) is 1. The average molecular weight is 284 g/mol. The maximum atomic E-state index is 12.2. The molecule has 108 valence electrons. The molecule has 5 heteroatoms.